The molecule has 2 atom stereocenters. The van der Waals surface area contributed by atoms with Crippen molar-refractivity contribution >= 4 is 17.2 Å². The van der Waals surface area contributed by atoms with Crippen LogP contribution in [0.3, 0.4) is 0 Å². The van der Waals surface area contributed by atoms with Crippen LogP contribution >= 0.6 is 11.3 Å². The van der Waals surface area contributed by atoms with E-state index in [1.54, 1.807) is 12.3 Å². The van der Waals surface area contributed by atoms with E-state index in [1.807, 2.05) is 25.9 Å². The van der Waals surface area contributed by atoms with Crippen molar-refractivity contribution in [3.63, 3.8) is 0 Å². The predicted octanol–water partition coefficient (Wildman–Crippen LogP) is 0.205. The van der Waals surface area contributed by atoms with Gasteiger partial charge in [0.15, 0.2) is 0 Å². The third-order valence-electron chi connectivity index (χ3n) is 2.43. The van der Waals surface area contributed by atoms with E-state index in [2.05, 4.69) is 10.3 Å². The zero-order chi connectivity index (χ0) is 14.6. The minimum atomic E-state index is -0.973. The highest BCUT2D eigenvalue weighted by atomic mass is 32.1. The summed E-state index contributed by atoms with van der Waals surface area (Å²) in [6, 6.07) is -0.177. The number of nitrogens with one attached hydrogen (secondary N) is 1. The Morgan fingerprint density at radius 1 is 1.68 bits per heavy atom. The minimum Gasteiger partial charge on any atom is -0.387 e. The number of aromatic nitrogens is 1. The van der Waals surface area contributed by atoms with Crippen LogP contribution in [-0.2, 0) is 0 Å². The lowest BCUT2D eigenvalue weighted by molar-refractivity contribution is 0.0325. The van der Waals surface area contributed by atoms with E-state index in [0.717, 1.165) is 5.01 Å². The fourth-order valence-electron chi connectivity index (χ4n) is 1.70. The van der Waals surface area contributed by atoms with Crippen LogP contribution in [0, 0.1) is 0 Å². The number of hydrogen-bond acceptors (Lipinski definition) is 6. The van der Waals surface area contributed by atoms with Crippen LogP contribution in [0.5, 0.6) is 0 Å². The Balaban J connectivity index is 2.55. The Labute approximate surface area is 117 Å². The molecule has 2 unspecified atom stereocenters. The number of carbonyl (C=O) groups excluding carboxylic acids is 1. The Hall–Kier alpha value is -1.02. The molecular weight excluding hydrogens is 264 g/mol. The van der Waals surface area contributed by atoms with E-state index in [4.69, 9.17) is 5.73 Å². The second-order valence-corrected chi connectivity index (χ2v) is 6.17. The van der Waals surface area contributed by atoms with Gasteiger partial charge in [0.2, 0.25) is 0 Å². The van der Waals surface area contributed by atoms with Gasteiger partial charge in [0.25, 0.3) is 5.91 Å². The fraction of sp³-hybridized carbons (Fsp3) is 0.667. The van der Waals surface area contributed by atoms with Gasteiger partial charge in [0.05, 0.1) is 11.6 Å². The summed E-state index contributed by atoms with van der Waals surface area (Å²) in [4.78, 5) is 17.9. The Kier molecular flexibility index (Phi) is 5.42. The highest BCUT2D eigenvalue weighted by molar-refractivity contribution is 7.09. The van der Waals surface area contributed by atoms with E-state index in [9.17, 15) is 9.90 Å². The molecule has 0 spiro atoms. The standard InChI is InChI=1S/C12H22N4O2S/c1-8(13)11-15-9(5-19-11)10(17)14-6-12(2,18)7-16(3)4/h5,8,18H,6-7,13H2,1-4H3,(H,14,17). The molecule has 19 heavy (non-hydrogen) atoms. The third-order valence-corrected chi connectivity index (χ3v) is 3.48. The summed E-state index contributed by atoms with van der Waals surface area (Å²) in [6.45, 7) is 4.15. The Morgan fingerprint density at radius 3 is 2.79 bits per heavy atom. The van der Waals surface area contributed by atoms with Crippen molar-refractivity contribution in [2.45, 2.75) is 25.5 Å². The first-order valence-corrected chi connectivity index (χ1v) is 6.95. The van der Waals surface area contributed by atoms with Crippen molar-refractivity contribution in [2.75, 3.05) is 27.2 Å². The molecule has 0 radical (unpaired) electrons. The van der Waals surface area contributed by atoms with Gasteiger partial charge in [-0.2, -0.15) is 0 Å². The van der Waals surface area contributed by atoms with Crippen LogP contribution in [-0.4, -0.2) is 53.7 Å². The lowest BCUT2D eigenvalue weighted by atomic mass is 10.1. The van der Waals surface area contributed by atoms with E-state index in [1.165, 1.54) is 11.3 Å². The van der Waals surface area contributed by atoms with Crippen LogP contribution in [0.15, 0.2) is 5.38 Å². The number of thiazole rings is 1. The molecular formula is C12H22N4O2S. The van der Waals surface area contributed by atoms with Gasteiger partial charge >= 0.3 is 0 Å². The molecule has 1 amide bonds. The number of aliphatic hydroxyl groups is 1. The van der Waals surface area contributed by atoms with Crippen LogP contribution in [0.2, 0.25) is 0 Å². The molecule has 0 aliphatic rings. The molecule has 0 saturated carbocycles. The Bertz CT molecular complexity index is 429. The van der Waals surface area contributed by atoms with Gasteiger partial charge in [-0.15, -0.1) is 11.3 Å². The normalized spacial score (nSPS) is 16.2. The fourth-order valence-corrected chi connectivity index (χ4v) is 2.46. The first-order valence-electron chi connectivity index (χ1n) is 6.07. The van der Waals surface area contributed by atoms with Gasteiger partial charge in [-0.25, -0.2) is 4.98 Å². The number of amides is 1. The van der Waals surface area contributed by atoms with Gasteiger partial charge in [0.1, 0.15) is 10.7 Å². The monoisotopic (exact) mass is 286 g/mol. The van der Waals surface area contributed by atoms with E-state index in [-0.39, 0.29) is 18.5 Å². The average Bonchev–Trinajstić information content (AvgIpc) is 2.73. The molecule has 1 rings (SSSR count). The topological polar surface area (TPSA) is 91.5 Å². The maximum absolute atomic E-state index is 11.9. The number of rotatable bonds is 6. The summed E-state index contributed by atoms with van der Waals surface area (Å²) in [5.41, 5.74) is 5.07. The molecule has 1 aromatic heterocycles. The molecule has 4 N–H and O–H groups in total. The number of hydrogen-bond donors (Lipinski definition) is 3. The smallest absolute Gasteiger partial charge is 0.270 e. The lowest BCUT2D eigenvalue weighted by Gasteiger charge is -2.26. The van der Waals surface area contributed by atoms with Gasteiger partial charge in [-0.1, -0.05) is 0 Å². The van der Waals surface area contributed by atoms with Crippen LogP contribution < -0.4 is 11.1 Å². The zero-order valence-corrected chi connectivity index (χ0v) is 12.6. The molecule has 0 aromatic carbocycles. The Morgan fingerprint density at radius 2 is 2.32 bits per heavy atom. The largest absolute Gasteiger partial charge is 0.387 e. The van der Waals surface area contributed by atoms with Crippen LogP contribution in [0.1, 0.15) is 35.4 Å². The molecule has 1 heterocycles. The maximum atomic E-state index is 11.9. The molecule has 1 aromatic rings. The van der Waals surface area contributed by atoms with Crippen molar-refractivity contribution in [3.8, 4) is 0 Å². The highest BCUT2D eigenvalue weighted by Gasteiger charge is 2.23. The summed E-state index contributed by atoms with van der Waals surface area (Å²) in [6.07, 6.45) is 0. The van der Waals surface area contributed by atoms with Crippen molar-refractivity contribution in [3.05, 3.63) is 16.1 Å². The highest BCUT2D eigenvalue weighted by Crippen LogP contribution is 2.15. The molecule has 0 bridgehead atoms. The van der Waals surface area contributed by atoms with Gasteiger partial charge < -0.3 is 21.1 Å². The molecule has 108 valence electrons. The summed E-state index contributed by atoms with van der Waals surface area (Å²) in [5.74, 6) is -0.290. The molecule has 0 aliphatic heterocycles. The first-order chi connectivity index (χ1) is 8.71. The zero-order valence-electron chi connectivity index (χ0n) is 11.8. The number of nitrogens with two attached hydrogens (primary N) is 1. The molecule has 7 heteroatoms. The SMILES string of the molecule is CC(N)c1nc(C(=O)NCC(C)(O)CN(C)C)cs1. The van der Waals surface area contributed by atoms with Gasteiger partial charge in [-0.3, -0.25) is 4.79 Å². The predicted molar refractivity (Wildman–Crippen MR) is 76.2 cm³/mol. The summed E-state index contributed by atoms with van der Waals surface area (Å²) in [5, 5.41) is 15.2. The number of nitrogens with zero attached hydrogens (tertiary/aromatic N) is 2. The lowest BCUT2D eigenvalue weighted by Crippen LogP contribution is -2.47. The van der Waals surface area contributed by atoms with Gasteiger partial charge in [0, 0.05) is 18.5 Å². The quantitative estimate of drug-likeness (QED) is 0.695. The van der Waals surface area contributed by atoms with E-state index < -0.39 is 5.60 Å². The second-order valence-electron chi connectivity index (χ2n) is 5.28. The van der Waals surface area contributed by atoms with E-state index in [0.29, 0.717) is 12.2 Å². The van der Waals surface area contributed by atoms with Crippen molar-refractivity contribution in [2.24, 2.45) is 5.73 Å². The summed E-state index contributed by atoms with van der Waals surface area (Å²) < 4.78 is 0. The summed E-state index contributed by atoms with van der Waals surface area (Å²) in [7, 11) is 3.73. The van der Waals surface area contributed by atoms with Gasteiger partial charge in [-0.05, 0) is 27.9 Å². The first kappa shape index (κ1) is 16.0. The molecule has 6 nitrogen and oxygen atoms in total. The van der Waals surface area contributed by atoms with E-state index >= 15 is 0 Å². The third kappa shape index (κ3) is 5.23. The van der Waals surface area contributed by atoms with Crippen LogP contribution in [0.25, 0.3) is 0 Å². The molecule has 0 saturated heterocycles. The number of likely N-dealkylation sites (N-methyl/N-ethyl adjacent to an activating group) is 1. The summed E-state index contributed by atoms with van der Waals surface area (Å²) >= 11 is 1.36. The maximum Gasteiger partial charge on any atom is 0.270 e. The molecule has 0 fully saturated rings. The molecule has 0 aliphatic carbocycles. The van der Waals surface area contributed by atoms with Crippen molar-refractivity contribution in [1.82, 2.24) is 15.2 Å². The van der Waals surface area contributed by atoms with Crippen molar-refractivity contribution in [1.29, 1.82) is 0 Å². The number of carbonyl (C=O) groups is 1. The minimum absolute atomic E-state index is 0.176. The van der Waals surface area contributed by atoms with Crippen LogP contribution in [0.4, 0.5) is 0 Å². The van der Waals surface area contributed by atoms with Crippen molar-refractivity contribution < 1.29 is 9.90 Å². The average molecular weight is 286 g/mol. The second kappa shape index (κ2) is 6.42.